The molecule has 2 aliphatic heterocycles. The number of nitrogens with zero attached hydrogens (tertiary/aromatic N) is 2. The molecule has 1 aromatic carbocycles. The Balaban J connectivity index is 1.34. The molecule has 1 aromatic heterocycles. The van der Waals surface area contributed by atoms with E-state index in [1.165, 1.54) is 18.2 Å². The summed E-state index contributed by atoms with van der Waals surface area (Å²) < 4.78 is 53.6. The Morgan fingerprint density at radius 3 is 2.61 bits per heavy atom. The number of nitrogens with one attached hydrogen (secondary N) is 3. The van der Waals surface area contributed by atoms with Gasteiger partial charge in [-0.05, 0) is 55.7 Å². The number of sulfonamides is 1. The maximum Gasteiger partial charge on any atom is 0.405 e. The number of hydrogen-bond donors (Lipinski definition) is 4. The highest BCUT2D eigenvalue weighted by molar-refractivity contribution is 7.91. The van der Waals surface area contributed by atoms with Gasteiger partial charge < -0.3 is 30.1 Å². The molecule has 7 atom stereocenters. The summed E-state index contributed by atoms with van der Waals surface area (Å²) >= 11 is 6.42. The lowest BCUT2D eigenvalue weighted by Gasteiger charge is -2.32. The van der Waals surface area contributed by atoms with Crippen molar-refractivity contribution < 1.29 is 46.6 Å². The summed E-state index contributed by atoms with van der Waals surface area (Å²) in [5.74, 6) is -2.75. The monoisotopic (exact) mass is 749 g/mol. The van der Waals surface area contributed by atoms with Gasteiger partial charge in [0.05, 0.1) is 24.9 Å². The van der Waals surface area contributed by atoms with Gasteiger partial charge in [0.25, 0.3) is 15.9 Å². The van der Waals surface area contributed by atoms with Gasteiger partial charge in [0.1, 0.15) is 29.5 Å². The highest BCUT2D eigenvalue weighted by atomic mass is 35.5. The second-order valence-corrected chi connectivity index (χ2v) is 16.5. The minimum absolute atomic E-state index is 0.0520. The molecule has 4 N–H and O–H groups in total. The third-order valence-corrected chi connectivity index (χ3v) is 12.5. The second-order valence-electron chi connectivity index (χ2n) is 14.1. The molecule has 3 fully saturated rings. The molecule has 14 nitrogen and oxygen atoms in total. The molecule has 51 heavy (non-hydrogen) atoms. The summed E-state index contributed by atoms with van der Waals surface area (Å²) in [6.45, 7) is 3.62. The van der Waals surface area contributed by atoms with E-state index in [0.717, 1.165) is 0 Å². The highest BCUT2D eigenvalue weighted by Crippen LogP contribution is 2.48. The molecule has 0 bridgehead atoms. The van der Waals surface area contributed by atoms with Crippen LogP contribution in [0.5, 0.6) is 11.6 Å². The standard InChI is InChI=1S/C34H41ClFN5O9S/c1-18-6-4-5-7-20-15-34(20,31(44)40-51(47,48)33(36)10-11-33)39-28(42)26-14-22(17-41(26)30(43)27(19(2)12-18)38-32(45)46)50-29-23-9-8-21(49-3)13-24(23)25(35)16-37-29/h5,7-9,13,16,18-20,22,26-27,38H,4,6,10-12,14-15,17H2,1-3H3,(H,39,42)(H,40,44)(H,45,46)/b7-5-/t18-,19-,20-,22-,26+,27+,34-/m1/s1. The minimum atomic E-state index is -4.67. The Morgan fingerprint density at radius 1 is 1.18 bits per heavy atom. The van der Waals surface area contributed by atoms with Crippen molar-refractivity contribution in [1.82, 2.24) is 25.2 Å². The third kappa shape index (κ3) is 7.30. The van der Waals surface area contributed by atoms with E-state index >= 15 is 0 Å². The van der Waals surface area contributed by atoms with Gasteiger partial charge in [0.2, 0.25) is 22.7 Å². The number of allylic oxidation sites excluding steroid dienone is 1. The summed E-state index contributed by atoms with van der Waals surface area (Å²) in [5, 5.41) is 13.7. The number of rotatable bonds is 7. The molecule has 2 aromatic rings. The Morgan fingerprint density at radius 2 is 1.92 bits per heavy atom. The molecule has 1 saturated heterocycles. The number of ether oxygens (including phenoxy) is 2. The maximum atomic E-state index is 14.7. The highest BCUT2D eigenvalue weighted by Gasteiger charge is 2.64. The van der Waals surface area contributed by atoms with Crippen LogP contribution in [-0.4, -0.2) is 89.6 Å². The lowest BCUT2D eigenvalue weighted by molar-refractivity contribution is -0.142. The average Bonchev–Trinajstić information content (AvgIpc) is 3.96. The summed E-state index contributed by atoms with van der Waals surface area (Å²) in [5.41, 5.74) is -1.72. The normalized spacial score (nSPS) is 31.2. The topological polar surface area (TPSA) is 193 Å². The van der Waals surface area contributed by atoms with Crippen LogP contribution in [0.25, 0.3) is 10.8 Å². The summed E-state index contributed by atoms with van der Waals surface area (Å²) in [4.78, 5) is 59.6. The number of carbonyl (C=O) groups is 4. The van der Waals surface area contributed by atoms with E-state index in [2.05, 4.69) is 15.6 Å². The van der Waals surface area contributed by atoms with Crippen molar-refractivity contribution in [3.05, 3.63) is 41.6 Å². The smallest absolute Gasteiger partial charge is 0.405 e. The van der Waals surface area contributed by atoms with Gasteiger partial charge in [-0.15, -0.1) is 0 Å². The first-order chi connectivity index (χ1) is 24.1. The molecule has 6 rings (SSSR count). The Hall–Kier alpha value is -4.18. The molecule has 3 heterocycles. The van der Waals surface area contributed by atoms with Crippen LogP contribution in [0.4, 0.5) is 9.18 Å². The summed E-state index contributed by atoms with van der Waals surface area (Å²) in [6.07, 6.45) is 4.03. The molecule has 2 aliphatic carbocycles. The third-order valence-electron chi connectivity index (χ3n) is 10.3. The van der Waals surface area contributed by atoms with E-state index in [9.17, 15) is 37.1 Å². The first kappa shape index (κ1) is 36.6. The van der Waals surface area contributed by atoms with E-state index < -0.39 is 74.4 Å². The van der Waals surface area contributed by atoms with Crippen molar-refractivity contribution in [3.8, 4) is 11.6 Å². The zero-order valence-corrected chi connectivity index (χ0v) is 29.9. The van der Waals surface area contributed by atoms with Crippen LogP contribution in [0.3, 0.4) is 0 Å². The average molecular weight is 750 g/mol. The quantitative estimate of drug-likeness (QED) is 0.304. The van der Waals surface area contributed by atoms with Crippen LogP contribution >= 0.6 is 11.6 Å². The minimum Gasteiger partial charge on any atom is -0.497 e. The van der Waals surface area contributed by atoms with Crippen molar-refractivity contribution in [2.24, 2.45) is 17.8 Å². The number of pyridine rings is 1. The molecular weight excluding hydrogens is 709 g/mol. The van der Waals surface area contributed by atoms with Gasteiger partial charge in [-0.3, -0.25) is 14.4 Å². The van der Waals surface area contributed by atoms with Gasteiger partial charge in [-0.2, -0.15) is 0 Å². The first-order valence-corrected chi connectivity index (χ1v) is 18.8. The van der Waals surface area contributed by atoms with Gasteiger partial charge in [-0.25, -0.2) is 27.3 Å². The molecule has 0 unspecified atom stereocenters. The molecule has 17 heteroatoms. The number of amides is 4. The lowest BCUT2D eigenvalue weighted by Crippen LogP contribution is -2.59. The van der Waals surface area contributed by atoms with Crippen LogP contribution in [0, 0.1) is 17.8 Å². The number of aromatic nitrogens is 1. The van der Waals surface area contributed by atoms with Crippen molar-refractivity contribution in [2.75, 3.05) is 13.7 Å². The number of methoxy groups -OCH3 is 1. The van der Waals surface area contributed by atoms with Crippen molar-refractivity contribution in [3.63, 3.8) is 0 Å². The lowest BCUT2D eigenvalue weighted by atomic mass is 9.88. The fourth-order valence-corrected chi connectivity index (χ4v) is 8.61. The Kier molecular flexibility index (Phi) is 9.87. The number of halogens is 2. The van der Waals surface area contributed by atoms with E-state index in [4.69, 9.17) is 21.1 Å². The molecule has 0 spiro atoms. The molecule has 0 radical (unpaired) electrons. The van der Waals surface area contributed by atoms with Crippen molar-refractivity contribution in [2.45, 2.75) is 87.5 Å². The van der Waals surface area contributed by atoms with Gasteiger partial charge in [0.15, 0.2) is 0 Å². The van der Waals surface area contributed by atoms with Crippen molar-refractivity contribution in [1.29, 1.82) is 0 Å². The SMILES string of the molecule is COc1ccc2c(O[C@@H]3C[C@H]4C(=O)N[C@]5(C(=O)NS(=O)(=O)C6(F)CC6)C[C@H]5/C=C\CC[C@@H](C)C[C@@H](C)[C@H](NC(=O)O)C(=O)N4C3)ncc(Cl)c2c1. The molecule has 4 amide bonds. The van der Waals surface area contributed by atoms with E-state index in [0.29, 0.717) is 40.8 Å². The number of carbonyl (C=O) groups excluding carboxylic acids is 3. The number of carboxylic acid groups (broad SMARTS) is 1. The Labute approximate surface area is 299 Å². The van der Waals surface area contributed by atoms with Crippen LogP contribution in [0.2, 0.25) is 5.02 Å². The van der Waals surface area contributed by atoms with Gasteiger partial charge in [0, 0.05) is 36.0 Å². The largest absolute Gasteiger partial charge is 0.497 e. The first-order valence-electron chi connectivity index (χ1n) is 16.9. The van der Waals surface area contributed by atoms with Crippen LogP contribution < -0.4 is 24.8 Å². The van der Waals surface area contributed by atoms with Crippen LogP contribution in [0.15, 0.2) is 36.5 Å². The van der Waals surface area contributed by atoms with E-state index in [-0.39, 0.29) is 44.0 Å². The zero-order chi connectivity index (χ0) is 36.9. The number of hydrogen-bond acceptors (Lipinski definition) is 9. The van der Waals surface area contributed by atoms with Crippen LogP contribution in [0.1, 0.15) is 58.8 Å². The predicted molar refractivity (Wildman–Crippen MR) is 183 cm³/mol. The van der Waals surface area contributed by atoms with Crippen LogP contribution in [-0.2, 0) is 24.4 Å². The number of benzene rings is 1. The van der Waals surface area contributed by atoms with E-state index in [1.807, 2.05) is 17.7 Å². The second kappa shape index (κ2) is 13.7. The van der Waals surface area contributed by atoms with Gasteiger partial charge in [-0.1, -0.05) is 37.6 Å². The Bertz CT molecular complexity index is 1890. The molecule has 2 saturated carbocycles. The van der Waals surface area contributed by atoms with Crippen molar-refractivity contribution >= 4 is 56.2 Å². The fourth-order valence-electron chi connectivity index (χ4n) is 7.16. The summed E-state index contributed by atoms with van der Waals surface area (Å²) in [7, 11) is -3.16. The number of alkyl halides is 1. The maximum absolute atomic E-state index is 14.7. The summed E-state index contributed by atoms with van der Waals surface area (Å²) in [6, 6.07) is 2.66. The van der Waals surface area contributed by atoms with Gasteiger partial charge >= 0.3 is 6.09 Å². The molecule has 4 aliphatic rings. The fraction of sp³-hybridized carbons (Fsp3) is 0.559. The zero-order valence-electron chi connectivity index (χ0n) is 28.4. The predicted octanol–water partition coefficient (Wildman–Crippen LogP) is 3.67. The molecule has 276 valence electrons. The van der Waals surface area contributed by atoms with E-state index in [1.54, 1.807) is 31.2 Å². The number of fused-ring (bicyclic) bond motifs is 3. The molecular formula is C34H41ClFN5O9S.